The molecule has 1 aromatic heterocycles. The van der Waals surface area contributed by atoms with Crippen molar-refractivity contribution < 1.29 is 4.79 Å². The Morgan fingerprint density at radius 1 is 1.53 bits per heavy atom. The van der Waals surface area contributed by atoms with E-state index >= 15 is 0 Å². The molecule has 0 spiro atoms. The lowest BCUT2D eigenvalue weighted by molar-refractivity contribution is -0.122. The molecule has 1 unspecified atom stereocenters. The molecule has 3 nitrogen and oxygen atoms in total. The fourth-order valence-corrected chi connectivity index (χ4v) is 3.35. The molecule has 1 saturated heterocycles. The van der Waals surface area contributed by atoms with Crippen molar-refractivity contribution in [1.29, 1.82) is 0 Å². The summed E-state index contributed by atoms with van der Waals surface area (Å²) in [5.41, 5.74) is 1.32. The second-order valence-electron chi connectivity index (χ2n) is 5.54. The van der Waals surface area contributed by atoms with Crippen LogP contribution in [0.5, 0.6) is 0 Å². The zero-order valence-electron chi connectivity index (χ0n) is 11.7. The average molecular weight is 280 g/mol. The summed E-state index contributed by atoms with van der Waals surface area (Å²) in [6, 6.07) is 2.36. The smallest absolute Gasteiger partial charge is 0.220 e. The fraction of sp³-hybridized carbons (Fsp3) is 0.667. The van der Waals surface area contributed by atoms with Crippen LogP contribution in [-0.4, -0.2) is 25.0 Å². The van der Waals surface area contributed by atoms with E-state index in [1.807, 2.05) is 0 Å². The molecule has 0 aromatic carbocycles. The molecule has 1 amide bonds. The first kappa shape index (κ1) is 14.5. The van der Waals surface area contributed by atoms with E-state index in [9.17, 15) is 4.79 Å². The van der Waals surface area contributed by atoms with E-state index in [4.69, 9.17) is 0 Å². The molecule has 19 heavy (non-hydrogen) atoms. The normalized spacial score (nSPS) is 18.2. The molecular formula is C15H24N2OS. The number of hydrogen-bond donors (Lipinski definition) is 2. The van der Waals surface area contributed by atoms with Gasteiger partial charge in [-0.2, -0.15) is 11.3 Å². The first-order valence-corrected chi connectivity index (χ1v) is 8.19. The highest BCUT2D eigenvalue weighted by Gasteiger charge is 2.15. The van der Waals surface area contributed by atoms with E-state index in [2.05, 4.69) is 34.4 Å². The monoisotopic (exact) mass is 280 g/mol. The van der Waals surface area contributed by atoms with Gasteiger partial charge in [0.05, 0.1) is 0 Å². The van der Waals surface area contributed by atoms with Gasteiger partial charge in [0.2, 0.25) is 5.91 Å². The first-order chi connectivity index (χ1) is 9.24. The maximum Gasteiger partial charge on any atom is 0.220 e. The topological polar surface area (TPSA) is 41.1 Å². The molecule has 2 heterocycles. The van der Waals surface area contributed by atoms with E-state index in [1.165, 1.54) is 18.4 Å². The van der Waals surface area contributed by atoms with E-state index in [-0.39, 0.29) is 11.9 Å². The lowest BCUT2D eigenvalue weighted by Crippen LogP contribution is -2.34. The van der Waals surface area contributed by atoms with Crippen LogP contribution in [0.2, 0.25) is 0 Å². The summed E-state index contributed by atoms with van der Waals surface area (Å²) in [6.45, 7) is 4.31. The van der Waals surface area contributed by atoms with Crippen LogP contribution >= 0.6 is 11.3 Å². The number of nitrogens with one attached hydrogen (secondary N) is 2. The van der Waals surface area contributed by atoms with Crippen molar-refractivity contribution in [2.45, 2.75) is 45.1 Å². The van der Waals surface area contributed by atoms with Crippen molar-refractivity contribution in [3.8, 4) is 0 Å². The zero-order valence-corrected chi connectivity index (χ0v) is 12.5. The van der Waals surface area contributed by atoms with Gasteiger partial charge in [-0.1, -0.05) is 0 Å². The molecule has 0 radical (unpaired) electrons. The largest absolute Gasteiger partial charge is 0.353 e. The Kier molecular flexibility index (Phi) is 5.86. The minimum Gasteiger partial charge on any atom is -0.353 e. The van der Waals surface area contributed by atoms with E-state index in [0.717, 1.165) is 31.8 Å². The average Bonchev–Trinajstić information content (AvgIpc) is 2.90. The molecule has 4 heteroatoms. The molecule has 0 bridgehead atoms. The standard InChI is InChI=1S/C15H24N2OS/c1-12(10-14-6-9-19-11-14)17-15(18)3-2-13-4-7-16-8-5-13/h6,9,11-13,16H,2-5,7-8,10H2,1H3,(H,17,18). The van der Waals surface area contributed by atoms with Gasteiger partial charge in [-0.25, -0.2) is 0 Å². The van der Waals surface area contributed by atoms with Gasteiger partial charge >= 0.3 is 0 Å². The number of rotatable bonds is 6. The van der Waals surface area contributed by atoms with Gasteiger partial charge in [-0.05, 0) is 74.0 Å². The molecule has 1 aliphatic heterocycles. The molecule has 2 N–H and O–H groups in total. The summed E-state index contributed by atoms with van der Waals surface area (Å²) in [5.74, 6) is 0.945. The van der Waals surface area contributed by atoms with Crippen molar-refractivity contribution in [2.75, 3.05) is 13.1 Å². The van der Waals surface area contributed by atoms with Crippen LogP contribution in [-0.2, 0) is 11.2 Å². The molecule has 0 saturated carbocycles. The van der Waals surface area contributed by atoms with Gasteiger partial charge in [-0.15, -0.1) is 0 Å². The van der Waals surface area contributed by atoms with Crippen LogP contribution in [0.1, 0.15) is 38.2 Å². The third-order valence-corrected chi connectivity index (χ3v) is 4.50. The molecule has 1 atom stereocenters. The van der Waals surface area contributed by atoms with Crippen LogP contribution in [0.25, 0.3) is 0 Å². The Morgan fingerprint density at radius 3 is 3.00 bits per heavy atom. The molecule has 1 aromatic rings. The van der Waals surface area contributed by atoms with Crippen molar-refractivity contribution in [3.05, 3.63) is 22.4 Å². The maximum absolute atomic E-state index is 11.9. The number of piperidine rings is 1. The molecule has 2 rings (SSSR count). The first-order valence-electron chi connectivity index (χ1n) is 7.25. The summed E-state index contributed by atoms with van der Waals surface area (Å²) in [5, 5.41) is 10.7. The number of thiophene rings is 1. The van der Waals surface area contributed by atoms with E-state index in [0.29, 0.717) is 6.42 Å². The summed E-state index contributed by atoms with van der Waals surface area (Å²) in [7, 11) is 0. The predicted molar refractivity (Wildman–Crippen MR) is 80.5 cm³/mol. The van der Waals surface area contributed by atoms with Gasteiger partial charge in [0, 0.05) is 12.5 Å². The van der Waals surface area contributed by atoms with Crippen LogP contribution in [0.4, 0.5) is 0 Å². The van der Waals surface area contributed by atoms with Crippen LogP contribution in [0.15, 0.2) is 16.8 Å². The van der Waals surface area contributed by atoms with Crippen molar-refractivity contribution in [3.63, 3.8) is 0 Å². The van der Waals surface area contributed by atoms with Crippen LogP contribution in [0.3, 0.4) is 0 Å². The quantitative estimate of drug-likeness (QED) is 0.841. The summed E-state index contributed by atoms with van der Waals surface area (Å²) in [6.07, 6.45) is 5.09. The number of hydrogen-bond acceptors (Lipinski definition) is 3. The molecule has 0 aliphatic carbocycles. The Balaban J connectivity index is 1.63. The number of carbonyl (C=O) groups excluding carboxylic acids is 1. The van der Waals surface area contributed by atoms with Gasteiger partial charge in [0.15, 0.2) is 0 Å². The Labute approximate surface area is 119 Å². The lowest BCUT2D eigenvalue weighted by atomic mass is 9.93. The molecule has 1 aliphatic rings. The van der Waals surface area contributed by atoms with Gasteiger partial charge in [-0.3, -0.25) is 4.79 Å². The van der Waals surface area contributed by atoms with Crippen molar-refractivity contribution >= 4 is 17.2 Å². The third-order valence-electron chi connectivity index (χ3n) is 3.77. The second kappa shape index (κ2) is 7.65. The minimum atomic E-state index is 0.210. The SMILES string of the molecule is CC(Cc1ccsc1)NC(=O)CCC1CCNCC1. The zero-order chi connectivity index (χ0) is 13.5. The summed E-state index contributed by atoms with van der Waals surface area (Å²) >= 11 is 1.71. The highest BCUT2D eigenvalue weighted by atomic mass is 32.1. The summed E-state index contributed by atoms with van der Waals surface area (Å²) < 4.78 is 0. The predicted octanol–water partition coefficient (Wildman–Crippen LogP) is 2.58. The molecular weight excluding hydrogens is 256 g/mol. The third kappa shape index (κ3) is 5.33. The highest BCUT2D eigenvalue weighted by molar-refractivity contribution is 7.07. The minimum absolute atomic E-state index is 0.210. The summed E-state index contributed by atoms with van der Waals surface area (Å²) in [4.78, 5) is 11.9. The van der Waals surface area contributed by atoms with Crippen LogP contribution < -0.4 is 10.6 Å². The van der Waals surface area contributed by atoms with Gasteiger partial charge < -0.3 is 10.6 Å². The fourth-order valence-electron chi connectivity index (χ4n) is 2.67. The Bertz CT molecular complexity index is 372. The van der Waals surface area contributed by atoms with E-state index < -0.39 is 0 Å². The molecule has 106 valence electrons. The highest BCUT2D eigenvalue weighted by Crippen LogP contribution is 2.17. The van der Waals surface area contributed by atoms with Crippen molar-refractivity contribution in [2.24, 2.45) is 5.92 Å². The maximum atomic E-state index is 11.9. The Morgan fingerprint density at radius 2 is 2.32 bits per heavy atom. The second-order valence-corrected chi connectivity index (χ2v) is 6.32. The molecule has 1 fully saturated rings. The number of amides is 1. The van der Waals surface area contributed by atoms with Gasteiger partial charge in [0.25, 0.3) is 0 Å². The van der Waals surface area contributed by atoms with Gasteiger partial charge in [0.1, 0.15) is 0 Å². The lowest BCUT2D eigenvalue weighted by Gasteiger charge is -2.22. The number of carbonyl (C=O) groups is 1. The van der Waals surface area contributed by atoms with E-state index in [1.54, 1.807) is 11.3 Å². The van der Waals surface area contributed by atoms with Crippen LogP contribution in [0, 0.1) is 5.92 Å². The Hall–Kier alpha value is -0.870. The van der Waals surface area contributed by atoms with Crippen molar-refractivity contribution in [1.82, 2.24) is 10.6 Å².